The first-order valence-corrected chi connectivity index (χ1v) is 5.83. The monoisotopic (exact) mass is 227 g/mol. The second-order valence-electron chi connectivity index (χ2n) is 3.66. The van der Waals surface area contributed by atoms with Gasteiger partial charge >= 0.3 is 0 Å². The smallest absolute Gasteiger partial charge is 0.209 e. The van der Waals surface area contributed by atoms with Crippen molar-refractivity contribution in [3.63, 3.8) is 0 Å². The van der Waals surface area contributed by atoms with E-state index in [0.29, 0.717) is 6.04 Å². The maximum absolute atomic E-state index is 3.99. The summed E-state index contributed by atoms with van der Waals surface area (Å²) in [4.78, 5) is 0. The zero-order valence-electron chi connectivity index (χ0n) is 9.40. The summed E-state index contributed by atoms with van der Waals surface area (Å²) in [5.74, 6) is 0.841. The van der Waals surface area contributed by atoms with Crippen LogP contribution in [-0.2, 0) is 7.05 Å². The summed E-state index contributed by atoms with van der Waals surface area (Å²) < 4.78 is 1.66. The Morgan fingerprint density at radius 2 is 2.33 bits per heavy atom. The quantitative estimate of drug-likeness (QED) is 0.577. The molecule has 1 N–H and O–H groups in total. The third-order valence-corrected chi connectivity index (χ3v) is 2.90. The van der Waals surface area contributed by atoms with Crippen LogP contribution in [0, 0.1) is 0 Å². The van der Waals surface area contributed by atoms with Crippen molar-refractivity contribution in [2.45, 2.75) is 25.0 Å². The molecule has 1 heterocycles. The van der Waals surface area contributed by atoms with Crippen LogP contribution in [0.25, 0.3) is 0 Å². The second kappa shape index (κ2) is 5.87. The van der Waals surface area contributed by atoms with Crippen LogP contribution in [-0.4, -0.2) is 38.5 Å². The average Bonchev–Trinajstić information content (AvgIpc) is 2.58. The van der Waals surface area contributed by atoms with Gasteiger partial charge in [0.05, 0.1) is 0 Å². The lowest BCUT2D eigenvalue weighted by Gasteiger charge is -2.09. The fourth-order valence-corrected chi connectivity index (χ4v) is 1.66. The first-order valence-electron chi connectivity index (χ1n) is 4.84. The molecule has 0 aliphatic heterocycles. The van der Waals surface area contributed by atoms with Crippen LogP contribution in [0.5, 0.6) is 0 Å². The summed E-state index contributed by atoms with van der Waals surface area (Å²) in [5.41, 5.74) is 1.15. The molecule has 0 saturated heterocycles. The van der Waals surface area contributed by atoms with E-state index in [1.807, 2.05) is 7.05 Å². The molecule has 0 aliphatic rings. The lowest BCUT2D eigenvalue weighted by molar-refractivity contribution is 0.622. The van der Waals surface area contributed by atoms with Gasteiger partial charge < -0.3 is 5.32 Å². The molecule has 6 heteroatoms. The number of aromatic nitrogens is 4. The number of thioether (sulfide) groups is 1. The van der Waals surface area contributed by atoms with Crippen molar-refractivity contribution in [1.82, 2.24) is 25.5 Å². The van der Waals surface area contributed by atoms with Crippen molar-refractivity contribution in [2.75, 3.05) is 12.3 Å². The van der Waals surface area contributed by atoms with Crippen molar-refractivity contribution in [2.24, 2.45) is 7.05 Å². The average molecular weight is 227 g/mol. The van der Waals surface area contributed by atoms with Crippen molar-refractivity contribution < 1.29 is 0 Å². The van der Waals surface area contributed by atoms with Gasteiger partial charge in [0.15, 0.2) is 0 Å². The summed E-state index contributed by atoms with van der Waals surface area (Å²) in [7, 11) is 1.83. The Bertz CT molecular complexity index is 320. The molecule has 1 aromatic rings. The van der Waals surface area contributed by atoms with E-state index in [0.717, 1.165) is 23.0 Å². The number of hydrogen-bond donors (Lipinski definition) is 1. The van der Waals surface area contributed by atoms with E-state index >= 15 is 0 Å². The molecule has 1 aromatic heterocycles. The van der Waals surface area contributed by atoms with Gasteiger partial charge in [0.1, 0.15) is 0 Å². The van der Waals surface area contributed by atoms with Gasteiger partial charge in [-0.15, -0.1) is 5.10 Å². The Morgan fingerprint density at radius 3 is 2.87 bits per heavy atom. The number of aryl methyl sites for hydroxylation is 1. The maximum atomic E-state index is 3.99. The molecule has 0 aromatic carbocycles. The molecule has 5 nitrogen and oxygen atoms in total. The first kappa shape index (κ1) is 12.2. The molecular weight excluding hydrogens is 210 g/mol. The Balaban J connectivity index is 2.26. The van der Waals surface area contributed by atoms with Gasteiger partial charge in [0.25, 0.3) is 0 Å². The van der Waals surface area contributed by atoms with Gasteiger partial charge in [-0.25, -0.2) is 4.68 Å². The molecule has 0 unspecified atom stereocenters. The highest BCUT2D eigenvalue weighted by atomic mass is 32.2. The minimum atomic E-state index is 0.489. The van der Waals surface area contributed by atoms with E-state index in [1.54, 1.807) is 16.4 Å². The van der Waals surface area contributed by atoms with Gasteiger partial charge in [0, 0.05) is 25.4 Å². The van der Waals surface area contributed by atoms with Crippen molar-refractivity contribution in [3.05, 3.63) is 12.2 Å². The van der Waals surface area contributed by atoms with Gasteiger partial charge in [-0.2, -0.15) is 0 Å². The molecule has 0 radical (unpaired) electrons. The first-order chi connectivity index (χ1) is 7.09. The minimum absolute atomic E-state index is 0.489. The van der Waals surface area contributed by atoms with E-state index < -0.39 is 0 Å². The molecule has 0 amide bonds. The third-order valence-electron chi connectivity index (χ3n) is 1.75. The van der Waals surface area contributed by atoms with Gasteiger partial charge in [0.2, 0.25) is 5.16 Å². The predicted octanol–water partition coefficient (Wildman–Crippen LogP) is 0.856. The number of nitrogens with one attached hydrogen (secondary N) is 1. The van der Waals surface area contributed by atoms with Crippen LogP contribution in [0.2, 0.25) is 0 Å². The summed E-state index contributed by atoms with van der Waals surface area (Å²) in [6, 6.07) is 0.489. The molecule has 15 heavy (non-hydrogen) atoms. The summed E-state index contributed by atoms with van der Waals surface area (Å²) in [5, 5.41) is 15.4. The van der Waals surface area contributed by atoms with Crippen LogP contribution in [0.4, 0.5) is 0 Å². The Labute approximate surface area is 94.3 Å². The van der Waals surface area contributed by atoms with Gasteiger partial charge in [-0.1, -0.05) is 37.8 Å². The zero-order valence-corrected chi connectivity index (χ0v) is 10.2. The van der Waals surface area contributed by atoms with Crippen LogP contribution in [0.15, 0.2) is 17.3 Å². The largest absolute Gasteiger partial charge is 0.311 e. The van der Waals surface area contributed by atoms with Crippen molar-refractivity contribution in [1.29, 1.82) is 0 Å². The van der Waals surface area contributed by atoms with Crippen LogP contribution in [0.3, 0.4) is 0 Å². The molecular formula is C9H17N5S. The number of tetrazole rings is 1. The lowest BCUT2D eigenvalue weighted by Crippen LogP contribution is -2.25. The molecule has 0 bridgehead atoms. The summed E-state index contributed by atoms with van der Waals surface area (Å²) in [6.45, 7) is 9.07. The number of nitrogens with zero attached hydrogens (tertiary/aromatic N) is 4. The highest BCUT2D eigenvalue weighted by Gasteiger charge is 2.04. The SMILES string of the molecule is C=C(CNC(C)C)CSc1nnnn1C. The Kier molecular flexibility index (Phi) is 4.77. The minimum Gasteiger partial charge on any atom is -0.311 e. The zero-order chi connectivity index (χ0) is 11.3. The molecule has 0 spiro atoms. The summed E-state index contributed by atoms with van der Waals surface area (Å²) >= 11 is 1.60. The topological polar surface area (TPSA) is 55.6 Å². The number of rotatable bonds is 6. The Hall–Kier alpha value is -0.880. The standard InChI is InChI=1S/C9H17N5S/c1-7(2)10-5-8(3)6-15-9-11-12-13-14(9)4/h7,10H,3,5-6H2,1-2,4H3. The molecule has 0 fully saturated rings. The normalized spacial score (nSPS) is 10.9. The molecule has 0 saturated carbocycles. The van der Waals surface area contributed by atoms with E-state index in [1.165, 1.54) is 0 Å². The van der Waals surface area contributed by atoms with Crippen LogP contribution in [0.1, 0.15) is 13.8 Å². The van der Waals surface area contributed by atoms with Crippen molar-refractivity contribution >= 4 is 11.8 Å². The fraction of sp³-hybridized carbons (Fsp3) is 0.667. The summed E-state index contributed by atoms with van der Waals surface area (Å²) in [6.07, 6.45) is 0. The van der Waals surface area contributed by atoms with Crippen LogP contribution >= 0.6 is 11.8 Å². The Morgan fingerprint density at radius 1 is 1.60 bits per heavy atom. The molecule has 0 aliphatic carbocycles. The fourth-order valence-electron chi connectivity index (χ4n) is 0.910. The highest BCUT2D eigenvalue weighted by molar-refractivity contribution is 7.99. The van der Waals surface area contributed by atoms with E-state index in [4.69, 9.17) is 0 Å². The van der Waals surface area contributed by atoms with E-state index in [2.05, 4.69) is 41.3 Å². The lowest BCUT2D eigenvalue weighted by atomic mass is 10.3. The second-order valence-corrected chi connectivity index (χ2v) is 4.60. The van der Waals surface area contributed by atoms with Crippen molar-refractivity contribution in [3.8, 4) is 0 Å². The van der Waals surface area contributed by atoms with E-state index in [-0.39, 0.29) is 0 Å². The highest BCUT2D eigenvalue weighted by Crippen LogP contribution is 2.14. The van der Waals surface area contributed by atoms with E-state index in [9.17, 15) is 0 Å². The van der Waals surface area contributed by atoms with Crippen LogP contribution < -0.4 is 5.32 Å². The van der Waals surface area contributed by atoms with Gasteiger partial charge in [-0.05, 0) is 10.4 Å². The number of hydrogen-bond acceptors (Lipinski definition) is 5. The van der Waals surface area contributed by atoms with Gasteiger partial charge in [-0.3, -0.25) is 0 Å². The third kappa shape index (κ3) is 4.44. The molecule has 1 rings (SSSR count). The molecule has 0 atom stereocenters. The predicted molar refractivity (Wildman–Crippen MR) is 61.8 cm³/mol. The molecule has 84 valence electrons. The maximum Gasteiger partial charge on any atom is 0.209 e.